The fourth-order valence-electron chi connectivity index (χ4n) is 3.00. The van der Waals surface area contributed by atoms with Crippen LogP contribution in [0.15, 0.2) is 12.4 Å². The molecule has 2 bridgehead atoms. The maximum absolute atomic E-state index is 6.37. The molecule has 0 aromatic carbocycles. The van der Waals surface area contributed by atoms with Crippen LogP contribution in [0.25, 0.3) is 0 Å². The fraction of sp³-hybridized carbons (Fsp3) is 0.750. The van der Waals surface area contributed by atoms with Crippen LogP contribution in [0, 0.1) is 0 Å². The average molecular weight is 235 g/mol. The lowest BCUT2D eigenvalue weighted by Crippen LogP contribution is -2.66. The second-order valence-electron chi connectivity index (χ2n) is 5.23. The van der Waals surface area contributed by atoms with Gasteiger partial charge in [0.05, 0.1) is 0 Å². The van der Waals surface area contributed by atoms with Crippen LogP contribution in [0.3, 0.4) is 0 Å². The summed E-state index contributed by atoms with van der Waals surface area (Å²) in [7, 11) is 2.03. The number of aryl methyl sites for hydroxylation is 1. The summed E-state index contributed by atoms with van der Waals surface area (Å²) in [5, 5.41) is 0. The zero-order valence-corrected chi connectivity index (χ0v) is 10.4. The first kappa shape index (κ1) is 11.2. The smallest absolute Gasteiger partial charge is 0.109 e. The maximum Gasteiger partial charge on any atom is 0.109 e. The summed E-state index contributed by atoms with van der Waals surface area (Å²) in [6.45, 7) is 5.92. The van der Waals surface area contributed by atoms with E-state index in [0.29, 0.717) is 6.04 Å². The number of rotatable bonds is 3. The summed E-state index contributed by atoms with van der Waals surface area (Å²) >= 11 is 0. The van der Waals surface area contributed by atoms with Crippen molar-refractivity contribution in [3.8, 4) is 0 Å². The molecule has 2 N–H and O–H groups in total. The number of hydrogen-bond acceptors (Lipinski definition) is 4. The van der Waals surface area contributed by atoms with Crippen molar-refractivity contribution in [1.29, 1.82) is 0 Å². The molecular weight excluding hydrogens is 214 g/mol. The predicted octanol–water partition coefficient (Wildman–Crippen LogP) is -0.710. The number of nitrogens with two attached hydrogens (primary N) is 1. The Kier molecular flexibility index (Phi) is 2.90. The highest BCUT2D eigenvalue weighted by molar-refractivity contribution is 5.00. The van der Waals surface area contributed by atoms with Crippen LogP contribution in [0.4, 0.5) is 0 Å². The highest BCUT2D eigenvalue weighted by atomic mass is 15.3. The zero-order valence-electron chi connectivity index (χ0n) is 10.4. The van der Waals surface area contributed by atoms with Gasteiger partial charge in [0, 0.05) is 70.7 Å². The van der Waals surface area contributed by atoms with Crippen molar-refractivity contribution >= 4 is 0 Å². The van der Waals surface area contributed by atoms with Crippen molar-refractivity contribution in [3.05, 3.63) is 18.2 Å². The predicted molar refractivity (Wildman–Crippen MR) is 66.7 cm³/mol. The Bertz CT molecular complexity index is 380. The van der Waals surface area contributed by atoms with E-state index in [1.165, 1.54) is 26.2 Å². The van der Waals surface area contributed by atoms with Gasteiger partial charge >= 0.3 is 0 Å². The lowest BCUT2D eigenvalue weighted by Gasteiger charge is -2.49. The molecule has 1 aromatic heterocycles. The third-order valence-electron chi connectivity index (χ3n) is 4.15. The molecule has 3 aliphatic rings. The molecule has 0 amide bonds. The van der Waals surface area contributed by atoms with Gasteiger partial charge in [-0.05, 0) is 0 Å². The molecule has 0 radical (unpaired) electrons. The van der Waals surface area contributed by atoms with Crippen molar-refractivity contribution in [1.82, 2.24) is 19.4 Å². The molecule has 3 aliphatic heterocycles. The van der Waals surface area contributed by atoms with Crippen molar-refractivity contribution in [2.45, 2.75) is 18.5 Å². The molecule has 0 aliphatic carbocycles. The van der Waals surface area contributed by atoms with E-state index in [-0.39, 0.29) is 6.04 Å². The third kappa shape index (κ3) is 2.10. The number of imidazole rings is 1. The summed E-state index contributed by atoms with van der Waals surface area (Å²) < 4.78 is 2.07. The van der Waals surface area contributed by atoms with Crippen LogP contribution in [-0.2, 0) is 13.5 Å². The second kappa shape index (κ2) is 4.40. The second-order valence-corrected chi connectivity index (χ2v) is 5.23. The van der Waals surface area contributed by atoms with Crippen LogP contribution >= 0.6 is 0 Å². The largest absolute Gasteiger partial charge is 0.338 e. The van der Waals surface area contributed by atoms with Crippen molar-refractivity contribution < 1.29 is 0 Å². The van der Waals surface area contributed by atoms with Gasteiger partial charge in [0.15, 0.2) is 0 Å². The number of fused-ring (bicyclic) bond motifs is 3. The minimum absolute atomic E-state index is 0.194. The molecule has 5 heteroatoms. The van der Waals surface area contributed by atoms with Crippen LogP contribution in [-0.4, -0.2) is 64.2 Å². The van der Waals surface area contributed by atoms with E-state index in [4.69, 9.17) is 5.73 Å². The lowest BCUT2D eigenvalue weighted by molar-refractivity contribution is 0.00228. The molecule has 3 fully saturated rings. The summed E-state index contributed by atoms with van der Waals surface area (Å²) in [6, 6.07) is 0.702. The maximum atomic E-state index is 6.37. The summed E-state index contributed by atoms with van der Waals surface area (Å²) in [6.07, 6.45) is 4.70. The Morgan fingerprint density at radius 3 is 2.71 bits per heavy atom. The minimum atomic E-state index is 0.194. The normalized spacial score (nSPS) is 33.9. The van der Waals surface area contributed by atoms with E-state index in [1.54, 1.807) is 0 Å². The standard InChI is InChI=1S/C12H21N5/c1-15-3-2-14-12(15)8-10(13)11-9-16-4-6-17(11)7-5-16/h2-3,10-11H,4-9,13H2,1H3. The highest BCUT2D eigenvalue weighted by Crippen LogP contribution is 2.18. The molecule has 0 saturated carbocycles. The van der Waals surface area contributed by atoms with Gasteiger partial charge in [0.2, 0.25) is 0 Å². The van der Waals surface area contributed by atoms with E-state index in [2.05, 4.69) is 19.4 Å². The van der Waals surface area contributed by atoms with Crippen molar-refractivity contribution in [3.63, 3.8) is 0 Å². The molecule has 2 unspecified atom stereocenters. The molecule has 4 heterocycles. The zero-order chi connectivity index (χ0) is 11.8. The van der Waals surface area contributed by atoms with Crippen LogP contribution < -0.4 is 5.73 Å². The first-order valence-electron chi connectivity index (χ1n) is 6.42. The third-order valence-corrected chi connectivity index (χ3v) is 4.15. The molecule has 0 spiro atoms. The Balaban J connectivity index is 1.66. The summed E-state index contributed by atoms with van der Waals surface area (Å²) in [5.41, 5.74) is 6.37. The molecular formula is C12H21N5. The fourth-order valence-corrected chi connectivity index (χ4v) is 3.00. The highest BCUT2D eigenvalue weighted by Gasteiger charge is 2.35. The number of aromatic nitrogens is 2. The first-order chi connectivity index (χ1) is 8.24. The van der Waals surface area contributed by atoms with Crippen molar-refractivity contribution in [2.24, 2.45) is 12.8 Å². The Hall–Kier alpha value is -0.910. The summed E-state index contributed by atoms with van der Waals surface area (Å²) in [4.78, 5) is 9.44. The molecule has 94 valence electrons. The van der Waals surface area contributed by atoms with Gasteiger partial charge in [0.1, 0.15) is 5.82 Å². The van der Waals surface area contributed by atoms with Gasteiger partial charge in [-0.2, -0.15) is 0 Å². The van der Waals surface area contributed by atoms with Gasteiger partial charge in [-0.1, -0.05) is 0 Å². The minimum Gasteiger partial charge on any atom is -0.338 e. The van der Waals surface area contributed by atoms with E-state index in [1.807, 2.05) is 19.4 Å². The van der Waals surface area contributed by atoms with Crippen LogP contribution in [0.1, 0.15) is 5.82 Å². The monoisotopic (exact) mass is 235 g/mol. The van der Waals surface area contributed by atoms with E-state index >= 15 is 0 Å². The lowest BCUT2D eigenvalue weighted by atomic mass is 9.98. The topological polar surface area (TPSA) is 50.3 Å². The van der Waals surface area contributed by atoms with Gasteiger partial charge in [-0.15, -0.1) is 0 Å². The van der Waals surface area contributed by atoms with Crippen LogP contribution in [0.5, 0.6) is 0 Å². The van der Waals surface area contributed by atoms with Gasteiger partial charge in [-0.25, -0.2) is 4.98 Å². The van der Waals surface area contributed by atoms with Gasteiger partial charge < -0.3 is 10.3 Å². The van der Waals surface area contributed by atoms with Gasteiger partial charge in [0.25, 0.3) is 0 Å². The molecule has 3 saturated heterocycles. The van der Waals surface area contributed by atoms with Crippen LogP contribution in [0.2, 0.25) is 0 Å². The first-order valence-corrected chi connectivity index (χ1v) is 6.42. The van der Waals surface area contributed by atoms with E-state index < -0.39 is 0 Å². The molecule has 2 atom stereocenters. The van der Waals surface area contributed by atoms with Crippen molar-refractivity contribution in [2.75, 3.05) is 32.7 Å². The van der Waals surface area contributed by atoms with E-state index in [0.717, 1.165) is 18.8 Å². The quantitative estimate of drug-likeness (QED) is 0.752. The Morgan fingerprint density at radius 2 is 2.18 bits per heavy atom. The molecule has 5 nitrogen and oxygen atoms in total. The molecule has 1 aromatic rings. The number of hydrogen-bond donors (Lipinski definition) is 1. The van der Waals surface area contributed by atoms with Gasteiger partial charge in [-0.3, -0.25) is 9.80 Å². The average Bonchev–Trinajstić information content (AvgIpc) is 2.76. The molecule has 4 rings (SSSR count). The number of nitrogens with zero attached hydrogens (tertiary/aromatic N) is 4. The number of piperazine rings is 3. The molecule has 17 heavy (non-hydrogen) atoms. The summed E-state index contributed by atoms with van der Waals surface area (Å²) in [5.74, 6) is 1.09. The SMILES string of the molecule is Cn1ccnc1CC(N)C1CN2CCN1CC2. The Morgan fingerprint density at radius 1 is 1.41 bits per heavy atom. The Labute approximate surface area is 102 Å². The van der Waals surface area contributed by atoms with E-state index in [9.17, 15) is 0 Å².